The summed E-state index contributed by atoms with van der Waals surface area (Å²) in [7, 11) is 0. The molecule has 1 heterocycles. The van der Waals surface area contributed by atoms with E-state index in [-0.39, 0.29) is 0 Å². The van der Waals surface area contributed by atoms with Crippen molar-refractivity contribution in [2.24, 2.45) is 0 Å². The summed E-state index contributed by atoms with van der Waals surface area (Å²) in [6.45, 7) is 9.48. The fourth-order valence-electron chi connectivity index (χ4n) is 6.89. The number of hydrogen-bond acceptors (Lipinski definition) is 2. The lowest BCUT2D eigenvalue weighted by molar-refractivity contribution is 0.135. The van der Waals surface area contributed by atoms with Crippen LogP contribution in [-0.2, 0) is 0 Å². The summed E-state index contributed by atoms with van der Waals surface area (Å²) in [4.78, 5) is 5.42. The van der Waals surface area contributed by atoms with Crippen molar-refractivity contribution in [3.05, 3.63) is 12.4 Å². The highest BCUT2D eigenvalue weighted by molar-refractivity contribution is 4.97. The van der Waals surface area contributed by atoms with Gasteiger partial charge in [-0.2, -0.15) is 0 Å². The average Bonchev–Trinajstić information content (AvgIpc) is 3.38. The predicted molar refractivity (Wildman–Crippen MR) is 191 cm³/mol. The first-order valence-corrected chi connectivity index (χ1v) is 20.0. The van der Waals surface area contributed by atoms with Crippen LogP contribution >= 0.6 is 0 Å². The molecule has 2 nitrogen and oxygen atoms in total. The highest BCUT2D eigenvalue weighted by Gasteiger charge is 2.24. The Morgan fingerprint density at radius 3 is 0.833 bits per heavy atom. The SMILES string of the molecule is CCCCCCCCCCCCCCCCCC1N(CCCCCCCC)C=CN1CCCCCCCCCCCC. The third-order valence-corrected chi connectivity index (χ3v) is 9.82. The maximum atomic E-state index is 2.71. The van der Waals surface area contributed by atoms with Crippen molar-refractivity contribution in [1.82, 2.24) is 9.80 Å². The summed E-state index contributed by atoms with van der Waals surface area (Å²) in [5, 5.41) is 0. The second kappa shape index (κ2) is 31.8. The van der Waals surface area contributed by atoms with E-state index in [2.05, 4.69) is 43.0 Å². The zero-order valence-corrected chi connectivity index (χ0v) is 29.7. The molecule has 0 radical (unpaired) electrons. The third-order valence-electron chi connectivity index (χ3n) is 9.82. The van der Waals surface area contributed by atoms with Gasteiger partial charge >= 0.3 is 0 Å². The van der Waals surface area contributed by atoms with E-state index in [1.807, 2.05) is 0 Å². The summed E-state index contributed by atoms with van der Waals surface area (Å²) in [5.41, 5.74) is 0. The molecule has 250 valence electrons. The molecule has 2 heteroatoms. The van der Waals surface area contributed by atoms with Crippen LogP contribution in [0.1, 0.15) is 226 Å². The molecule has 0 amide bonds. The van der Waals surface area contributed by atoms with Crippen molar-refractivity contribution < 1.29 is 0 Å². The lowest BCUT2D eigenvalue weighted by Gasteiger charge is -2.33. The molecule has 0 spiro atoms. The Balaban J connectivity index is 2.17. The molecule has 0 saturated carbocycles. The molecular weight excluding hydrogens is 508 g/mol. The summed E-state index contributed by atoms with van der Waals surface area (Å²) in [6.07, 6.45) is 51.4. The van der Waals surface area contributed by atoms with E-state index in [1.165, 1.54) is 219 Å². The Morgan fingerprint density at radius 1 is 0.310 bits per heavy atom. The average molecular weight is 589 g/mol. The second-order valence-electron chi connectivity index (χ2n) is 13.9. The van der Waals surface area contributed by atoms with Crippen molar-refractivity contribution in [3.63, 3.8) is 0 Å². The van der Waals surface area contributed by atoms with E-state index < -0.39 is 0 Å². The van der Waals surface area contributed by atoms with Crippen LogP contribution in [0.3, 0.4) is 0 Å². The number of rotatable bonds is 34. The van der Waals surface area contributed by atoms with Crippen LogP contribution in [-0.4, -0.2) is 29.1 Å². The first-order chi connectivity index (χ1) is 20.8. The zero-order valence-electron chi connectivity index (χ0n) is 29.7. The van der Waals surface area contributed by atoms with Gasteiger partial charge in [0.1, 0.15) is 6.17 Å². The number of hydrogen-bond donors (Lipinski definition) is 0. The minimum absolute atomic E-state index is 0.640. The van der Waals surface area contributed by atoms with Gasteiger partial charge in [-0.3, -0.25) is 0 Å². The maximum Gasteiger partial charge on any atom is 0.101 e. The van der Waals surface area contributed by atoms with Gasteiger partial charge in [-0.1, -0.05) is 201 Å². The molecule has 0 saturated heterocycles. The van der Waals surface area contributed by atoms with Crippen molar-refractivity contribution in [3.8, 4) is 0 Å². The lowest BCUT2D eigenvalue weighted by Crippen LogP contribution is -2.39. The zero-order chi connectivity index (χ0) is 30.2. The summed E-state index contributed by atoms with van der Waals surface area (Å²) in [6, 6.07) is 0. The molecule has 0 aromatic carbocycles. The van der Waals surface area contributed by atoms with E-state index in [0.29, 0.717) is 6.17 Å². The third kappa shape index (κ3) is 23.8. The van der Waals surface area contributed by atoms with Crippen LogP contribution in [0.25, 0.3) is 0 Å². The largest absolute Gasteiger partial charge is 0.356 e. The Hall–Kier alpha value is -0.660. The highest BCUT2D eigenvalue weighted by Crippen LogP contribution is 2.24. The standard InChI is InChI=1S/C40H80N2/c1-4-7-10-13-16-18-20-21-22-23-24-25-27-29-32-35-40-41(36-33-30-15-12-9-6-3)38-39-42(40)37-34-31-28-26-19-17-14-11-8-5-2/h38-40H,4-37H2,1-3H3. The molecule has 1 atom stereocenters. The Morgan fingerprint density at radius 2 is 0.548 bits per heavy atom. The molecule has 1 rings (SSSR count). The van der Waals surface area contributed by atoms with Crippen molar-refractivity contribution in [2.75, 3.05) is 13.1 Å². The second-order valence-corrected chi connectivity index (χ2v) is 13.9. The Labute approximate surface area is 267 Å². The number of unbranched alkanes of at least 4 members (excludes halogenated alkanes) is 28. The van der Waals surface area contributed by atoms with Gasteiger partial charge in [0.15, 0.2) is 0 Å². The van der Waals surface area contributed by atoms with Crippen molar-refractivity contribution >= 4 is 0 Å². The van der Waals surface area contributed by atoms with Gasteiger partial charge in [0.25, 0.3) is 0 Å². The van der Waals surface area contributed by atoms with Gasteiger partial charge in [0.2, 0.25) is 0 Å². The smallest absolute Gasteiger partial charge is 0.101 e. The van der Waals surface area contributed by atoms with Crippen LogP contribution in [0.15, 0.2) is 12.4 Å². The van der Waals surface area contributed by atoms with E-state index >= 15 is 0 Å². The molecule has 0 aliphatic carbocycles. The van der Waals surface area contributed by atoms with Crippen LogP contribution < -0.4 is 0 Å². The van der Waals surface area contributed by atoms with Crippen LogP contribution in [0.4, 0.5) is 0 Å². The molecule has 1 aliphatic heterocycles. The van der Waals surface area contributed by atoms with Gasteiger partial charge in [-0.25, -0.2) is 0 Å². The molecule has 0 bridgehead atoms. The van der Waals surface area contributed by atoms with Crippen molar-refractivity contribution in [1.29, 1.82) is 0 Å². The summed E-state index contributed by atoms with van der Waals surface area (Å²) < 4.78 is 0. The van der Waals surface area contributed by atoms with Crippen LogP contribution in [0.2, 0.25) is 0 Å². The molecule has 0 aromatic heterocycles. The molecule has 1 aliphatic rings. The quantitative estimate of drug-likeness (QED) is 0.0690. The fourth-order valence-corrected chi connectivity index (χ4v) is 6.89. The molecule has 42 heavy (non-hydrogen) atoms. The highest BCUT2D eigenvalue weighted by atomic mass is 15.4. The van der Waals surface area contributed by atoms with E-state index in [1.54, 1.807) is 0 Å². The summed E-state index contributed by atoms with van der Waals surface area (Å²) >= 11 is 0. The van der Waals surface area contributed by atoms with Gasteiger partial charge < -0.3 is 9.80 Å². The van der Waals surface area contributed by atoms with Gasteiger partial charge in [0, 0.05) is 25.5 Å². The van der Waals surface area contributed by atoms with Crippen LogP contribution in [0.5, 0.6) is 0 Å². The van der Waals surface area contributed by atoms with Crippen LogP contribution in [0, 0.1) is 0 Å². The minimum Gasteiger partial charge on any atom is -0.356 e. The van der Waals surface area contributed by atoms with Crippen molar-refractivity contribution in [2.45, 2.75) is 232 Å². The molecular formula is C40H80N2. The van der Waals surface area contributed by atoms with Gasteiger partial charge in [-0.15, -0.1) is 0 Å². The Bertz CT molecular complexity index is 544. The first kappa shape index (κ1) is 39.4. The first-order valence-electron chi connectivity index (χ1n) is 20.0. The fraction of sp³-hybridized carbons (Fsp3) is 0.950. The van der Waals surface area contributed by atoms with Gasteiger partial charge in [0.05, 0.1) is 0 Å². The molecule has 0 aromatic rings. The van der Waals surface area contributed by atoms with E-state index in [0.717, 1.165) is 0 Å². The number of nitrogens with zero attached hydrogens (tertiary/aromatic N) is 2. The lowest BCUT2D eigenvalue weighted by atomic mass is 10.0. The predicted octanol–water partition coefficient (Wildman–Crippen LogP) is 13.9. The minimum atomic E-state index is 0.640. The molecule has 0 N–H and O–H groups in total. The van der Waals surface area contributed by atoms with E-state index in [9.17, 15) is 0 Å². The van der Waals surface area contributed by atoms with Gasteiger partial charge in [-0.05, 0) is 25.7 Å². The maximum absolute atomic E-state index is 2.71. The molecule has 1 unspecified atom stereocenters. The normalized spacial score (nSPS) is 15.0. The monoisotopic (exact) mass is 589 g/mol. The molecule has 0 fully saturated rings. The summed E-state index contributed by atoms with van der Waals surface area (Å²) in [5.74, 6) is 0. The Kier molecular flexibility index (Phi) is 29.8. The topological polar surface area (TPSA) is 6.48 Å². The van der Waals surface area contributed by atoms with E-state index in [4.69, 9.17) is 0 Å².